The zero-order valence-electron chi connectivity index (χ0n) is 14.6. The Hall–Kier alpha value is -1.33. The van der Waals surface area contributed by atoms with Crippen molar-refractivity contribution in [2.75, 3.05) is 19.6 Å². The van der Waals surface area contributed by atoms with Crippen LogP contribution in [0.1, 0.15) is 30.1 Å². The van der Waals surface area contributed by atoms with Gasteiger partial charge in [-0.25, -0.2) is 0 Å². The van der Waals surface area contributed by atoms with Gasteiger partial charge in [-0.05, 0) is 55.1 Å². The molecule has 7 heteroatoms. The van der Waals surface area contributed by atoms with Crippen molar-refractivity contribution in [3.8, 4) is 11.1 Å². The first-order valence-corrected chi connectivity index (χ1v) is 8.63. The first-order chi connectivity index (χ1) is 11.6. The normalized spacial score (nSPS) is 15.3. The third-order valence-electron chi connectivity index (χ3n) is 4.66. The van der Waals surface area contributed by atoms with E-state index < -0.39 is 0 Å². The average molecular weight is 417 g/mol. The lowest BCUT2D eigenvalue weighted by molar-refractivity contribution is 0.0922. The van der Waals surface area contributed by atoms with Crippen LogP contribution in [0.25, 0.3) is 11.1 Å². The van der Waals surface area contributed by atoms with Gasteiger partial charge in [0, 0.05) is 29.5 Å². The lowest BCUT2D eigenvalue weighted by Crippen LogP contribution is -2.42. The maximum atomic E-state index is 12.5. The summed E-state index contributed by atoms with van der Waals surface area (Å²) in [5.74, 6) is -0.0712. The Bertz CT molecular complexity index is 716. The Balaban J connectivity index is 0.00000169. The van der Waals surface area contributed by atoms with Crippen LogP contribution in [-0.4, -0.2) is 30.5 Å². The fourth-order valence-electron chi connectivity index (χ4n) is 2.97. The van der Waals surface area contributed by atoms with E-state index in [1.54, 1.807) is 12.4 Å². The highest BCUT2D eigenvalue weighted by Crippen LogP contribution is 2.27. The molecule has 1 fully saturated rings. The highest BCUT2D eigenvalue weighted by atomic mass is 35.5. The molecule has 0 saturated carbocycles. The standard InChI is InChI=1S/C19H22ClN3O.2ClH/c1-19(6-8-21-9-7-19)13-23-18(24)16-10-15(11-22-12-16)14-2-4-17(20)5-3-14;;/h2-5,10-12,21H,6-9,13H2,1H3,(H,23,24);2*1H. The van der Waals surface area contributed by atoms with Crippen LogP contribution in [0.15, 0.2) is 42.7 Å². The molecule has 3 rings (SSSR count). The van der Waals surface area contributed by atoms with Crippen LogP contribution in [0.2, 0.25) is 5.02 Å². The van der Waals surface area contributed by atoms with Crippen LogP contribution < -0.4 is 10.6 Å². The van der Waals surface area contributed by atoms with E-state index in [9.17, 15) is 4.79 Å². The van der Waals surface area contributed by atoms with E-state index in [0.717, 1.165) is 37.1 Å². The molecule has 0 spiro atoms. The van der Waals surface area contributed by atoms with Crippen molar-refractivity contribution in [1.29, 1.82) is 0 Å². The van der Waals surface area contributed by atoms with Gasteiger partial charge in [0.1, 0.15) is 0 Å². The van der Waals surface area contributed by atoms with Crippen LogP contribution in [-0.2, 0) is 0 Å². The number of hydrogen-bond donors (Lipinski definition) is 2. The molecule has 0 aliphatic carbocycles. The van der Waals surface area contributed by atoms with Gasteiger partial charge in [-0.2, -0.15) is 0 Å². The van der Waals surface area contributed by atoms with E-state index in [2.05, 4.69) is 22.5 Å². The van der Waals surface area contributed by atoms with Crippen molar-refractivity contribution in [1.82, 2.24) is 15.6 Å². The van der Waals surface area contributed by atoms with E-state index >= 15 is 0 Å². The summed E-state index contributed by atoms with van der Waals surface area (Å²) < 4.78 is 0. The molecule has 0 radical (unpaired) electrons. The van der Waals surface area contributed by atoms with Gasteiger partial charge >= 0.3 is 0 Å². The van der Waals surface area contributed by atoms with Crippen LogP contribution in [0.5, 0.6) is 0 Å². The molecule has 142 valence electrons. The molecule has 0 bridgehead atoms. The van der Waals surface area contributed by atoms with E-state index in [-0.39, 0.29) is 36.1 Å². The molecule has 2 heterocycles. The number of aromatic nitrogens is 1. The molecule has 1 aromatic carbocycles. The number of halogens is 3. The van der Waals surface area contributed by atoms with Crippen molar-refractivity contribution < 1.29 is 4.79 Å². The summed E-state index contributed by atoms with van der Waals surface area (Å²) >= 11 is 5.92. The van der Waals surface area contributed by atoms with Crippen LogP contribution >= 0.6 is 36.4 Å². The van der Waals surface area contributed by atoms with Gasteiger partial charge in [0.05, 0.1) is 5.56 Å². The van der Waals surface area contributed by atoms with Crippen molar-refractivity contribution in [3.63, 3.8) is 0 Å². The number of carbonyl (C=O) groups is 1. The monoisotopic (exact) mass is 415 g/mol. The largest absolute Gasteiger partial charge is 0.351 e. The molecule has 0 unspecified atom stereocenters. The SMILES string of the molecule is CC1(CNC(=O)c2cncc(-c3ccc(Cl)cc3)c2)CCNCC1.Cl.Cl. The third kappa shape index (κ3) is 5.85. The number of rotatable bonds is 4. The predicted molar refractivity (Wildman–Crippen MR) is 112 cm³/mol. The Morgan fingerprint density at radius 2 is 1.81 bits per heavy atom. The Kier molecular flexibility index (Phi) is 8.84. The molecule has 26 heavy (non-hydrogen) atoms. The van der Waals surface area contributed by atoms with Gasteiger partial charge in [0.15, 0.2) is 0 Å². The van der Waals surface area contributed by atoms with Gasteiger partial charge in [-0.15, -0.1) is 24.8 Å². The molecule has 1 aliphatic rings. The lowest BCUT2D eigenvalue weighted by atomic mass is 9.81. The molecular weight excluding hydrogens is 393 g/mol. The fraction of sp³-hybridized carbons (Fsp3) is 0.368. The molecule has 1 saturated heterocycles. The van der Waals surface area contributed by atoms with E-state index in [4.69, 9.17) is 11.6 Å². The first kappa shape index (κ1) is 22.7. The summed E-state index contributed by atoms with van der Waals surface area (Å²) in [6, 6.07) is 9.40. The average Bonchev–Trinajstić information content (AvgIpc) is 2.61. The molecular formula is C19H24Cl3N3O. The van der Waals surface area contributed by atoms with E-state index in [1.807, 2.05) is 30.3 Å². The zero-order chi connectivity index (χ0) is 17.0. The van der Waals surface area contributed by atoms with Crippen molar-refractivity contribution >= 4 is 42.3 Å². The van der Waals surface area contributed by atoms with Gasteiger partial charge in [0.25, 0.3) is 5.91 Å². The van der Waals surface area contributed by atoms with E-state index in [1.165, 1.54) is 0 Å². The molecule has 1 aromatic heterocycles. The second-order valence-electron chi connectivity index (χ2n) is 6.71. The summed E-state index contributed by atoms with van der Waals surface area (Å²) in [5, 5.41) is 7.12. The zero-order valence-corrected chi connectivity index (χ0v) is 17.0. The number of nitrogens with zero attached hydrogens (tertiary/aromatic N) is 1. The van der Waals surface area contributed by atoms with Gasteiger partial charge in [-0.1, -0.05) is 30.7 Å². The minimum atomic E-state index is -0.0712. The molecule has 0 atom stereocenters. The quantitative estimate of drug-likeness (QED) is 0.778. The summed E-state index contributed by atoms with van der Waals surface area (Å²) in [5.41, 5.74) is 2.65. The molecule has 4 nitrogen and oxygen atoms in total. The number of pyridine rings is 1. The minimum Gasteiger partial charge on any atom is -0.351 e. The highest BCUT2D eigenvalue weighted by Gasteiger charge is 2.27. The van der Waals surface area contributed by atoms with Crippen LogP contribution in [0, 0.1) is 5.41 Å². The van der Waals surface area contributed by atoms with E-state index in [0.29, 0.717) is 17.1 Å². The Morgan fingerprint density at radius 3 is 2.46 bits per heavy atom. The highest BCUT2D eigenvalue weighted by molar-refractivity contribution is 6.30. The van der Waals surface area contributed by atoms with Crippen LogP contribution in [0.3, 0.4) is 0 Å². The first-order valence-electron chi connectivity index (χ1n) is 8.26. The third-order valence-corrected chi connectivity index (χ3v) is 4.92. The smallest absolute Gasteiger partial charge is 0.252 e. The summed E-state index contributed by atoms with van der Waals surface area (Å²) in [4.78, 5) is 16.7. The van der Waals surface area contributed by atoms with Crippen molar-refractivity contribution in [2.24, 2.45) is 5.41 Å². The summed E-state index contributed by atoms with van der Waals surface area (Å²) in [6.45, 7) is 4.95. The van der Waals surface area contributed by atoms with Crippen molar-refractivity contribution in [2.45, 2.75) is 19.8 Å². The topological polar surface area (TPSA) is 54.0 Å². The second kappa shape index (κ2) is 10.1. The minimum absolute atomic E-state index is 0. The number of amides is 1. The Morgan fingerprint density at radius 1 is 1.15 bits per heavy atom. The number of benzene rings is 1. The van der Waals surface area contributed by atoms with Crippen molar-refractivity contribution in [3.05, 3.63) is 53.3 Å². The molecule has 1 aliphatic heterocycles. The predicted octanol–water partition coefficient (Wildman–Crippen LogP) is 4.37. The van der Waals surface area contributed by atoms with Gasteiger partial charge < -0.3 is 10.6 Å². The summed E-state index contributed by atoms with van der Waals surface area (Å²) in [6.07, 6.45) is 5.53. The number of piperidine rings is 1. The molecule has 2 N–H and O–H groups in total. The number of hydrogen-bond acceptors (Lipinski definition) is 3. The summed E-state index contributed by atoms with van der Waals surface area (Å²) in [7, 11) is 0. The maximum Gasteiger partial charge on any atom is 0.252 e. The number of carbonyl (C=O) groups excluding carboxylic acids is 1. The van der Waals surface area contributed by atoms with Gasteiger partial charge in [-0.3, -0.25) is 9.78 Å². The molecule has 2 aromatic rings. The Labute approximate surface area is 171 Å². The fourth-order valence-corrected chi connectivity index (χ4v) is 3.09. The molecule has 1 amide bonds. The van der Waals surface area contributed by atoms with Crippen LogP contribution in [0.4, 0.5) is 0 Å². The second-order valence-corrected chi connectivity index (χ2v) is 7.15. The number of nitrogens with one attached hydrogen (secondary N) is 2. The maximum absolute atomic E-state index is 12.5. The van der Waals surface area contributed by atoms with Gasteiger partial charge in [0.2, 0.25) is 0 Å². The lowest BCUT2D eigenvalue weighted by Gasteiger charge is -2.34.